The van der Waals surface area contributed by atoms with E-state index in [2.05, 4.69) is 0 Å². The molecule has 1 N–H and O–H groups in total. The van der Waals surface area contributed by atoms with Crippen LogP contribution in [0.15, 0.2) is 42.5 Å². The van der Waals surface area contributed by atoms with Gasteiger partial charge in [0.25, 0.3) is 0 Å². The summed E-state index contributed by atoms with van der Waals surface area (Å²) in [6.45, 7) is 1.01. The molecule has 2 aromatic rings. The van der Waals surface area contributed by atoms with E-state index in [-0.39, 0.29) is 17.8 Å². The molecule has 0 spiro atoms. The van der Waals surface area contributed by atoms with Crippen LogP contribution in [0, 0.1) is 16.6 Å². The van der Waals surface area contributed by atoms with Crippen LogP contribution in [0.5, 0.6) is 0 Å². The molecule has 4 aliphatic carbocycles. The van der Waals surface area contributed by atoms with Gasteiger partial charge in [0.05, 0.1) is 5.41 Å². The number of likely N-dealkylation sites (tertiary alicyclic amines) is 1. The van der Waals surface area contributed by atoms with E-state index in [4.69, 9.17) is 0 Å². The van der Waals surface area contributed by atoms with Gasteiger partial charge in [-0.3, -0.25) is 9.59 Å². The highest BCUT2D eigenvalue weighted by atomic mass is 19.4. The van der Waals surface area contributed by atoms with Crippen molar-refractivity contribution in [3.8, 4) is 0 Å². The number of benzene rings is 2. The number of rotatable bonds is 5. The van der Waals surface area contributed by atoms with Crippen LogP contribution in [0.3, 0.4) is 0 Å². The van der Waals surface area contributed by atoms with E-state index in [1.165, 1.54) is 24.3 Å². The van der Waals surface area contributed by atoms with Crippen LogP contribution in [0.4, 0.5) is 22.0 Å². The number of carbonyl (C=O) groups excluding carboxylic acids is 1. The number of aryl methyl sites for hydroxylation is 1. The predicted octanol–water partition coefficient (Wildman–Crippen LogP) is 7.03. The van der Waals surface area contributed by atoms with Crippen molar-refractivity contribution >= 4 is 11.9 Å². The molecule has 1 aliphatic heterocycles. The average Bonchev–Trinajstić information content (AvgIpc) is 3.33. The van der Waals surface area contributed by atoms with Gasteiger partial charge in [-0.05, 0) is 106 Å². The lowest BCUT2D eigenvalue weighted by molar-refractivity contribution is -0.228. The van der Waals surface area contributed by atoms with Crippen LogP contribution in [0.1, 0.15) is 80.5 Å². The van der Waals surface area contributed by atoms with Crippen molar-refractivity contribution in [2.45, 2.75) is 94.4 Å². The van der Waals surface area contributed by atoms with Gasteiger partial charge in [-0.15, -0.1) is 0 Å². The summed E-state index contributed by atoms with van der Waals surface area (Å²) in [4.78, 5) is 28.2. The van der Waals surface area contributed by atoms with Gasteiger partial charge in [-0.1, -0.05) is 30.3 Å². The highest BCUT2D eigenvalue weighted by Crippen LogP contribution is 2.59. The monoisotopic (exact) mass is 575 g/mol. The molecule has 2 bridgehead atoms. The molecule has 41 heavy (non-hydrogen) atoms. The molecule has 7 rings (SSSR count). The second kappa shape index (κ2) is 9.27. The van der Waals surface area contributed by atoms with Gasteiger partial charge in [0.2, 0.25) is 11.6 Å². The van der Waals surface area contributed by atoms with Crippen molar-refractivity contribution in [2.75, 3.05) is 6.54 Å². The Morgan fingerprint density at radius 1 is 0.927 bits per heavy atom. The Labute approximate surface area is 235 Å². The van der Waals surface area contributed by atoms with Crippen LogP contribution in [-0.4, -0.2) is 40.6 Å². The molecule has 2 aromatic carbocycles. The third-order valence-corrected chi connectivity index (χ3v) is 11.1. The summed E-state index contributed by atoms with van der Waals surface area (Å²) >= 11 is 0. The molecule has 0 aromatic heterocycles. The van der Waals surface area contributed by atoms with Crippen LogP contribution in [-0.2, 0) is 33.5 Å². The molecular weight excluding hydrogens is 541 g/mol. The van der Waals surface area contributed by atoms with Gasteiger partial charge in [0.15, 0.2) is 0 Å². The summed E-state index contributed by atoms with van der Waals surface area (Å²) < 4.78 is 69.3. The number of halogens is 5. The standard InChI is InChI=1S/C32H34F5NO3/c1-28(34,32(35,36)37)22-5-8-24-21(18-22)4-9-25-31(24,19-20-2-6-23(33)7-3-20)16-17-38(25)26(39)29-10-13-30(14-11-29,15-12-29)27(40)41/h2-3,5-8,18,25H,4,9-17,19H2,1H3,(H,40,41). The van der Waals surface area contributed by atoms with E-state index in [0.29, 0.717) is 83.2 Å². The van der Waals surface area contributed by atoms with Gasteiger partial charge < -0.3 is 10.0 Å². The molecule has 4 nitrogen and oxygen atoms in total. The molecular formula is C32H34F5NO3. The van der Waals surface area contributed by atoms with E-state index in [0.717, 1.165) is 11.1 Å². The number of hydrogen-bond donors (Lipinski definition) is 1. The minimum atomic E-state index is -5.06. The Morgan fingerprint density at radius 3 is 2.12 bits per heavy atom. The number of aliphatic carboxylic acids is 1. The van der Waals surface area contributed by atoms with Crippen LogP contribution in [0.25, 0.3) is 0 Å². The van der Waals surface area contributed by atoms with Gasteiger partial charge >= 0.3 is 12.1 Å². The third-order valence-electron chi connectivity index (χ3n) is 11.1. The number of alkyl halides is 4. The zero-order valence-corrected chi connectivity index (χ0v) is 23.0. The van der Waals surface area contributed by atoms with Crippen LogP contribution in [0.2, 0.25) is 0 Å². The lowest BCUT2D eigenvalue weighted by atomic mass is 9.53. The highest BCUT2D eigenvalue weighted by Gasteiger charge is 2.60. The van der Waals surface area contributed by atoms with E-state index in [9.17, 15) is 36.6 Å². The van der Waals surface area contributed by atoms with Crippen molar-refractivity contribution in [2.24, 2.45) is 10.8 Å². The first-order valence-corrected chi connectivity index (χ1v) is 14.4. The fraction of sp³-hybridized carbons (Fsp3) is 0.562. The third kappa shape index (κ3) is 4.20. The number of carbonyl (C=O) groups is 2. The van der Waals surface area contributed by atoms with Crippen molar-refractivity contribution in [3.05, 3.63) is 70.5 Å². The number of carboxylic acids is 1. The maximum Gasteiger partial charge on any atom is 0.426 e. The largest absolute Gasteiger partial charge is 0.481 e. The molecule has 220 valence electrons. The summed E-state index contributed by atoms with van der Waals surface area (Å²) in [6, 6.07) is 10.1. The van der Waals surface area contributed by atoms with Gasteiger partial charge in [-0.25, -0.2) is 8.78 Å². The SMILES string of the molecule is CC(F)(c1ccc2c(c1)CCC1N(C(=O)C34CCC(C(=O)O)(CC3)CC4)CCC21Cc1ccc(F)cc1)C(F)(F)F. The van der Waals surface area contributed by atoms with Crippen molar-refractivity contribution in [1.29, 1.82) is 0 Å². The Hall–Kier alpha value is -2.97. The summed E-state index contributed by atoms with van der Waals surface area (Å²) in [7, 11) is 0. The fourth-order valence-corrected chi connectivity index (χ4v) is 8.36. The summed E-state index contributed by atoms with van der Waals surface area (Å²) in [5.41, 5.74) is -3.53. The maximum atomic E-state index is 14.9. The lowest BCUT2D eigenvalue weighted by Gasteiger charge is -2.52. The minimum Gasteiger partial charge on any atom is -0.481 e. The number of hydrogen-bond acceptors (Lipinski definition) is 2. The van der Waals surface area contributed by atoms with Gasteiger partial charge in [-0.2, -0.15) is 13.2 Å². The first-order chi connectivity index (χ1) is 19.2. The molecule has 3 atom stereocenters. The molecule has 3 saturated carbocycles. The Bertz CT molecular complexity index is 1360. The molecule has 0 radical (unpaired) electrons. The number of amides is 1. The topological polar surface area (TPSA) is 57.6 Å². The number of carboxylic acid groups (broad SMARTS) is 1. The first-order valence-electron chi connectivity index (χ1n) is 14.4. The summed E-state index contributed by atoms with van der Waals surface area (Å²) in [5.74, 6) is -1.10. The molecule has 1 amide bonds. The normalized spacial score (nSPS) is 32.2. The van der Waals surface area contributed by atoms with Gasteiger partial charge in [0, 0.05) is 23.4 Å². The number of nitrogens with zero attached hydrogens (tertiary/aromatic N) is 1. The van der Waals surface area contributed by atoms with Crippen molar-refractivity contribution in [3.63, 3.8) is 0 Å². The van der Waals surface area contributed by atoms with Gasteiger partial charge in [0.1, 0.15) is 5.82 Å². The van der Waals surface area contributed by atoms with E-state index in [1.54, 1.807) is 18.2 Å². The molecule has 1 saturated heterocycles. The number of fused-ring (bicyclic) bond motifs is 6. The fourth-order valence-electron chi connectivity index (χ4n) is 8.36. The smallest absolute Gasteiger partial charge is 0.426 e. The zero-order chi connectivity index (χ0) is 29.4. The van der Waals surface area contributed by atoms with E-state index in [1.807, 2.05) is 4.90 Å². The second-order valence-corrected chi connectivity index (χ2v) is 13.0. The van der Waals surface area contributed by atoms with E-state index < -0.39 is 39.6 Å². The Morgan fingerprint density at radius 2 is 1.54 bits per heavy atom. The van der Waals surface area contributed by atoms with Crippen molar-refractivity contribution < 1.29 is 36.6 Å². The molecule has 4 fully saturated rings. The summed E-state index contributed by atoms with van der Waals surface area (Å²) in [6.07, 6.45) is -0.00174. The average molecular weight is 576 g/mol. The molecule has 9 heteroatoms. The highest BCUT2D eigenvalue weighted by molar-refractivity contribution is 5.86. The lowest BCUT2D eigenvalue weighted by Crippen LogP contribution is -2.56. The van der Waals surface area contributed by atoms with Crippen LogP contribution >= 0.6 is 0 Å². The maximum absolute atomic E-state index is 14.9. The van der Waals surface area contributed by atoms with Crippen LogP contribution < -0.4 is 0 Å². The predicted molar refractivity (Wildman–Crippen MR) is 141 cm³/mol. The summed E-state index contributed by atoms with van der Waals surface area (Å²) in [5, 5.41) is 9.80. The molecule has 3 unspecified atom stereocenters. The minimum absolute atomic E-state index is 0.0515. The molecule has 1 heterocycles. The zero-order valence-electron chi connectivity index (χ0n) is 23.0. The quantitative estimate of drug-likeness (QED) is 0.390. The molecule has 5 aliphatic rings. The van der Waals surface area contributed by atoms with Crippen molar-refractivity contribution in [1.82, 2.24) is 4.90 Å². The van der Waals surface area contributed by atoms with E-state index >= 15 is 0 Å². The first kappa shape index (κ1) is 28.2. The Kier molecular flexibility index (Phi) is 6.36. The second-order valence-electron chi connectivity index (χ2n) is 13.0. The Balaban J connectivity index is 1.37.